The molecule has 0 aromatic heterocycles. The van der Waals surface area contributed by atoms with Crippen LogP contribution in [0.15, 0.2) is 54.6 Å². The van der Waals surface area contributed by atoms with Gasteiger partial charge in [0.25, 0.3) is 0 Å². The Hall–Kier alpha value is -2.03. The Balaban J connectivity index is 2.33. The van der Waals surface area contributed by atoms with Crippen molar-refractivity contribution in [1.29, 1.82) is 0 Å². The largest absolute Gasteiger partial charge is 0.544 e. The van der Waals surface area contributed by atoms with Crippen LogP contribution in [0, 0.1) is 3.57 Å². The number of ether oxygens (including phenoxy) is 1. The van der Waals surface area contributed by atoms with Gasteiger partial charge in [0.1, 0.15) is 5.97 Å². The van der Waals surface area contributed by atoms with Crippen molar-refractivity contribution in [3.63, 3.8) is 0 Å². The van der Waals surface area contributed by atoms with E-state index in [4.69, 9.17) is 4.74 Å². The lowest BCUT2D eigenvalue weighted by atomic mass is 10.0. The summed E-state index contributed by atoms with van der Waals surface area (Å²) in [5.41, 5.74) is -0.0962. The lowest BCUT2D eigenvalue weighted by Gasteiger charge is -2.27. The van der Waals surface area contributed by atoms with Crippen molar-refractivity contribution in [1.82, 2.24) is 0 Å². The number of carbonyl (C=O) groups is 2. The first kappa shape index (κ1) is 17.3. The number of carbonyl (C=O) groups excluding carboxylic acids is 2. The Morgan fingerprint density at radius 1 is 1.04 bits per heavy atom. The molecule has 4 nitrogen and oxygen atoms in total. The van der Waals surface area contributed by atoms with Crippen LogP contribution in [0.1, 0.15) is 22.0 Å². The monoisotopic (exact) mass is 431 g/mol. The van der Waals surface area contributed by atoms with Crippen molar-refractivity contribution >= 4 is 34.5 Å². The summed E-state index contributed by atoms with van der Waals surface area (Å²) in [4.78, 5) is 22.8. The minimum Gasteiger partial charge on any atom is -0.544 e. The number of esters is 1. The second-order valence-corrected chi connectivity index (χ2v) is 5.86. The number of aliphatic carboxylic acids is 1. The van der Waals surface area contributed by atoms with Gasteiger partial charge in [-0.15, -0.1) is 0 Å². The van der Waals surface area contributed by atoms with Crippen molar-refractivity contribution < 1.29 is 28.2 Å². The zero-order valence-corrected chi connectivity index (χ0v) is 13.7. The zero-order valence-electron chi connectivity index (χ0n) is 11.5. The first-order valence-corrected chi connectivity index (χ1v) is 7.51. The van der Waals surface area contributed by atoms with Crippen LogP contribution >= 0.6 is 22.6 Å². The van der Waals surface area contributed by atoms with Gasteiger partial charge in [0, 0.05) is 3.57 Å². The van der Waals surface area contributed by atoms with Gasteiger partial charge in [-0.25, -0.2) is 4.79 Å². The minimum absolute atomic E-state index is 0.0421. The maximum Gasteiger partial charge on any atom is 0.338 e. The summed E-state index contributed by atoms with van der Waals surface area (Å²) in [5.74, 6) is -8.02. The van der Waals surface area contributed by atoms with Crippen LogP contribution in [0.2, 0.25) is 0 Å². The average molecular weight is 431 g/mol. The standard InChI is InChI=1S/C16H11F2IO4/c17-16(18,15(21)22)13(10-4-2-1-3-5-10)23-14(20)11-6-8-12(19)9-7-11/h1-9,13H,(H,21,22)/p-1. The molecule has 0 N–H and O–H groups in total. The van der Waals surface area contributed by atoms with E-state index < -0.39 is 24.0 Å². The van der Waals surface area contributed by atoms with Crippen molar-refractivity contribution in [2.24, 2.45) is 0 Å². The van der Waals surface area contributed by atoms with Crippen LogP contribution < -0.4 is 5.11 Å². The van der Waals surface area contributed by atoms with E-state index in [1.54, 1.807) is 18.2 Å². The van der Waals surface area contributed by atoms with Crippen LogP contribution in [-0.4, -0.2) is 17.9 Å². The third-order valence-electron chi connectivity index (χ3n) is 3.01. The molecule has 0 amide bonds. The molecule has 0 saturated carbocycles. The number of alkyl halides is 2. The third kappa shape index (κ3) is 4.04. The molecule has 23 heavy (non-hydrogen) atoms. The number of hydrogen-bond donors (Lipinski definition) is 0. The van der Waals surface area contributed by atoms with Gasteiger partial charge in [0.2, 0.25) is 0 Å². The first-order valence-electron chi connectivity index (χ1n) is 6.43. The van der Waals surface area contributed by atoms with Gasteiger partial charge in [0.05, 0.1) is 5.56 Å². The van der Waals surface area contributed by atoms with E-state index in [0.717, 1.165) is 3.57 Å². The summed E-state index contributed by atoms with van der Waals surface area (Å²) in [6, 6.07) is 13.0. The van der Waals surface area contributed by atoms with Crippen LogP contribution in [0.4, 0.5) is 8.78 Å². The number of halogens is 3. The number of carboxylic acid groups (broad SMARTS) is 1. The predicted molar refractivity (Wildman–Crippen MR) is 83.7 cm³/mol. The number of benzene rings is 2. The molecular formula is C16H10F2IO4-. The highest BCUT2D eigenvalue weighted by Crippen LogP contribution is 2.35. The predicted octanol–water partition coefficient (Wildman–Crippen LogP) is 2.57. The average Bonchev–Trinajstić information content (AvgIpc) is 2.53. The summed E-state index contributed by atoms with van der Waals surface area (Å²) < 4.78 is 33.4. The van der Waals surface area contributed by atoms with Gasteiger partial charge < -0.3 is 14.6 Å². The molecule has 1 unspecified atom stereocenters. The maximum atomic E-state index is 13.9. The fraction of sp³-hybridized carbons (Fsp3) is 0.125. The van der Waals surface area contributed by atoms with Gasteiger partial charge in [-0.3, -0.25) is 0 Å². The summed E-state index contributed by atoms with van der Waals surface area (Å²) in [6.07, 6.45) is -2.28. The zero-order chi connectivity index (χ0) is 17.0. The van der Waals surface area contributed by atoms with E-state index in [2.05, 4.69) is 0 Å². The van der Waals surface area contributed by atoms with Gasteiger partial charge in [-0.2, -0.15) is 8.78 Å². The van der Waals surface area contributed by atoms with E-state index >= 15 is 0 Å². The van der Waals surface area contributed by atoms with Crippen molar-refractivity contribution in [3.05, 3.63) is 69.3 Å². The topological polar surface area (TPSA) is 66.4 Å². The summed E-state index contributed by atoms with van der Waals surface area (Å²) in [6.45, 7) is 0. The van der Waals surface area contributed by atoms with Crippen LogP contribution in [0.5, 0.6) is 0 Å². The Kier molecular flexibility index (Phi) is 5.30. The third-order valence-corrected chi connectivity index (χ3v) is 3.73. The molecule has 0 fully saturated rings. The van der Waals surface area contributed by atoms with Gasteiger partial charge >= 0.3 is 11.9 Å². The molecule has 2 aromatic carbocycles. The molecule has 0 spiro atoms. The first-order chi connectivity index (χ1) is 10.8. The Bertz CT molecular complexity index is 702. The molecule has 120 valence electrons. The molecule has 0 aliphatic heterocycles. The SMILES string of the molecule is O=C(OC(c1ccccc1)C(F)(F)C(=O)[O-])c1ccc(I)cc1. The van der Waals surface area contributed by atoms with E-state index in [1.165, 1.54) is 36.4 Å². The molecule has 2 aromatic rings. The quantitative estimate of drug-likeness (QED) is 0.540. The summed E-state index contributed by atoms with van der Waals surface area (Å²) in [5, 5.41) is 10.7. The molecule has 0 heterocycles. The van der Waals surface area contributed by atoms with E-state index in [9.17, 15) is 23.5 Å². The normalized spacial score (nSPS) is 12.5. The summed E-state index contributed by atoms with van der Waals surface area (Å²) in [7, 11) is 0. The second kappa shape index (κ2) is 7.03. The Morgan fingerprint density at radius 3 is 2.13 bits per heavy atom. The van der Waals surface area contributed by atoms with Crippen molar-refractivity contribution in [3.8, 4) is 0 Å². The van der Waals surface area contributed by atoms with Crippen molar-refractivity contribution in [2.45, 2.75) is 12.0 Å². The Labute approximate surface area is 144 Å². The van der Waals surface area contributed by atoms with Crippen LogP contribution in [0.25, 0.3) is 0 Å². The van der Waals surface area contributed by atoms with Gasteiger partial charge in [-0.05, 0) is 52.4 Å². The van der Waals surface area contributed by atoms with E-state index in [0.29, 0.717) is 0 Å². The van der Waals surface area contributed by atoms with Crippen LogP contribution in [-0.2, 0) is 9.53 Å². The van der Waals surface area contributed by atoms with E-state index in [-0.39, 0.29) is 11.1 Å². The molecule has 2 rings (SSSR count). The molecule has 0 aliphatic rings. The molecular weight excluding hydrogens is 421 g/mol. The Morgan fingerprint density at radius 2 is 1.61 bits per heavy atom. The number of carboxylic acids is 1. The van der Waals surface area contributed by atoms with Gasteiger partial charge in [0.15, 0.2) is 6.10 Å². The fourth-order valence-electron chi connectivity index (χ4n) is 1.85. The molecule has 0 aliphatic carbocycles. The summed E-state index contributed by atoms with van der Waals surface area (Å²) >= 11 is 2.02. The fourth-order valence-corrected chi connectivity index (χ4v) is 2.21. The highest BCUT2D eigenvalue weighted by atomic mass is 127. The number of rotatable bonds is 5. The van der Waals surface area contributed by atoms with Crippen LogP contribution in [0.3, 0.4) is 0 Å². The molecule has 0 radical (unpaired) electrons. The molecule has 0 bridgehead atoms. The smallest absolute Gasteiger partial charge is 0.338 e. The molecule has 0 saturated heterocycles. The maximum absolute atomic E-state index is 13.9. The highest BCUT2D eigenvalue weighted by molar-refractivity contribution is 14.1. The lowest BCUT2D eigenvalue weighted by Crippen LogP contribution is -2.47. The second-order valence-electron chi connectivity index (χ2n) is 4.61. The van der Waals surface area contributed by atoms with Crippen molar-refractivity contribution in [2.75, 3.05) is 0 Å². The molecule has 7 heteroatoms. The minimum atomic E-state index is -4.36. The van der Waals surface area contributed by atoms with Gasteiger partial charge in [-0.1, -0.05) is 30.3 Å². The lowest BCUT2D eigenvalue weighted by molar-refractivity contribution is -0.336. The van der Waals surface area contributed by atoms with E-state index in [1.807, 2.05) is 22.6 Å². The number of hydrogen-bond acceptors (Lipinski definition) is 4. The highest BCUT2D eigenvalue weighted by Gasteiger charge is 2.45. The molecule has 1 atom stereocenters.